The van der Waals surface area contributed by atoms with Crippen LogP contribution in [0.4, 0.5) is 5.13 Å². The molecule has 0 saturated heterocycles. The van der Waals surface area contributed by atoms with Crippen molar-refractivity contribution >= 4 is 32.6 Å². The first-order chi connectivity index (χ1) is 11.1. The molecule has 1 amide bonds. The molecule has 5 heteroatoms. The highest BCUT2D eigenvalue weighted by Crippen LogP contribution is 2.27. The molecule has 0 spiro atoms. The fraction of sp³-hybridized carbons (Fsp3) is 0.222. The van der Waals surface area contributed by atoms with Gasteiger partial charge in [0.05, 0.1) is 10.2 Å². The van der Waals surface area contributed by atoms with Gasteiger partial charge >= 0.3 is 0 Å². The first-order valence-electron chi connectivity index (χ1n) is 7.50. The quantitative estimate of drug-likeness (QED) is 0.754. The zero-order chi connectivity index (χ0) is 16.2. The summed E-state index contributed by atoms with van der Waals surface area (Å²) in [6.07, 6.45) is 0. The third-order valence-corrected chi connectivity index (χ3v) is 4.39. The summed E-state index contributed by atoms with van der Waals surface area (Å²) in [5.74, 6) is 0.892. The van der Waals surface area contributed by atoms with Crippen LogP contribution in [-0.2, 0) is 4.79 Å². The van der Waals surface area contributed by atoms with E-state index < -0.39 is 0 Å². The minimum Gasteiger partial charge on any atom is -0.483 e. The molecule has 0 radical (unpaired) electrons. The van der Waals surface area contributed by atoms with Crippen molar-refractivity contribution in [3.05, 3.63) is 54.1 Å². The van der Waals surface area contributed by atoms with Gasteiger partial charge in [0.2, 0.25) is 0 Å². The molecule has 0 unspecified atom stereocenters. The van der Waals surface area contributed by atoms with Crippen LogP contribution in [0.5, 0.6) is 5.75 Å². The number of para-hydroxylation sites is 2. The van der Waals surface area contributed by atoms with E-state index in [1.165, 1.54) is 11.3 Å². The Morgan fingerprint density at radius 2 is 1.91 bits per heavy atom. The number of carbonyl (C=O) groups is 1. The van der Waals surface area contributed by atoms with Crippen molar-refractivity contribution < 1.29 is 9.53 Å². The Balaban J connectivity index is 1.64. The molecule has 1 aromatic heterocycles. The normalized spacial score (nSPS) is 10.9. The van der Waals surface area contributed by atoms with E-state index >= 15 is 0 Å². The summed E-state index contributed by atoms with van der Waals surface area (Å²) < 4.78 is 6.72. The van der Waals surface area contributed by atoms with Crippen LogP contribution >= 0.6 is 11.3 Å². The molecule has 1 heterocycles. The summed E-state index contributed by atoms with van der Waals surface area (Å²) >= 11 is 1.46. The molecule has 0 saturated carbocycles. The average Bonchev–Trinajstić information content (AvgIpc) is 2.95. The number of nitrogens with one attached hydrogen (secondary N) is 1. The van der Waals surface area contributed by atoms with Gasteiger partial charge in [0, 0.05) is 0 Å². The largest absolute Gasteiger partial charge is 0.483 e. The molecule has 0 aliphatic carbocycles. The molecule has 3 rings (SSSR count). The van der Waals surface area contributed by atoms with Gasteiger partial charge in [-0.05, 0) is 29.7 Å². The molecule has 0 fully saturated rings. The summed E-state index contributed by atoms with van der Waals surface area (Å²) in [7, 11) is 0. The fourth-order valence-electron chi connectivity index (χ4n) is 2.31. The first kappa shape index (κ1) is 15.5. The van der Waals surface area contributed by atoms with Crippen molar-refractivity contribution in [2.45, 2.75) is 19.8 Å². The Morgan fingerprint density at radius 1 is 1.17 bits per heavy atom. The predicted octanol–water partition coefficient (Wildman–Crippen LogP) is 4.44. The molecule has 3 aromatic rings. The lowest BCUT2D eigenvalue weighted by Gasteiger charge is -2.13. The maximum Gasteiger partial charge on any atom is 0.264 e. The van der Waals surface area contributed by atoms with Crippen molar-refractivity contribution in [2.75, 3.05) is 11.9 Å². The lowest BCUT2D eigenvalue weighted by atomic mass is 10.0. The van der Waals surface area contributed by atoms with Crippen molar-refractivity contribution in [2.24, 2.45) is 0 Å². The minimum atomic E-state index is -0.206. The topological polar surface area (TPSA) is 51.2 Å². The molecule has 118 valence electrons. The number of rotatable bonds is 5. The molecule has 0 bridgehead atoms. The van der Waals surface area contributed by atoms with Gasteiger partial charge in [-0.25, -0.2) is 4.98 Å². The Kier molecular flexibility index (Phi) is 4.57. The van der Waals surface area contributed by atoms with Crippen molar-refractivity contribution in [3.63, 3.8) is 0 Å². The van der Waals surface area contributed by atoms with E-state index in [-0.39, 0.29) is 12.5 Å². The Morgan fingerprint density at radius 3 is 2.70 bits per heavy atom. The maximum atomic E-state index is 12.1. The Hall–Kier alpha value is -2.40. The van der Waals surface area contributed by atoms with Gasteiger partial charge in [0.1, 0.15) is 5.75 Å². The van der Waals surface area contributed by atoms with Crippen molar-refractivity contribution in [1.29, 1.82) is 0 Å². The summed E-state index contributed by atoms with van der Waals surface area (Å²) in [5.41, 5.74) is 1.99. The number of hydrogen-bond acceptors (Lipinski definition) is 4. The van der Waals surface area contributed by atoms with E-state index in [9.17, 15) is 4.79 Å². The van der Waals surface area contributed by atoms with Gasteiger partial charge in [0.15, 0.2) is 11.7 Å². The molecule has 0 aliphatic heterocycles. The van der Waals surface area contributed by atoms with E-state index in [0.29, 0.717) is 11.0 Å². The van der Waals surface area contributed by atoms with E-state index in [4.69, 9.17) is 4.74 Å². The highest BCUT2D eigenvalue weighted by Gasteiger charge is 2.11. The van der Waals surface area contributed by atoms with Gasteiger partial charge in [-0.3, -0.25) is 10.1 Å². The summed E-state index contributed by atoms with van der Waals surface area (Å²) in [4.78, 5) is 16.5. The van der Waals surface area contributed by atoms with Crippen LogP contribution in [0, 0.1) is 0 Å². The van der Waals surface area contributed by atoms with Gasteiger partial charge in [-0.1, -0.05) is 55.5 Å². The van der Waals surface area contributed by atoms with Crippen LogP contribution < -0.4 is 10.1 Å². The average molecular weight is 326 g/mol. The van der Waals surface area contributed by atoms with Crippen LogP contribution in [0.25, 0.3) is 10.2 Å². The zero-order valence-corrected chi connectivity index (χ0v) is 13.9. The van der Waals surface area contributed by atoms with E-state index in [1.807, 2.05) is 48.5 Å². The van der Waals surface area contributed by atoms with Crippen LogP contribution in [-0.4, -0.2) is 17.5 Å². The van der Waals surface area contributed by atoms with Crippen molar-refractivity contribution in [1.82, 2.24) is 4.98 Å². The van der Waals surface area contributed by atoms with E-state index in [2.05, 4.69) is 24.1 Å². The summed E-state index contributed by atoms with van der Waals surface area (Å²) in [5, 5.41) is 3.39. The highest BCUT2D eigenvalue weighted by molar-refractivity contribution is 7.22. The second-order valence-corrected chi connectivity index (χ2v) is 6.55. The Labute approximate surface area is 139 Å². The first-order valence-corrected chi connectivity index (χ1v) is 8.32. The number of benzene rings is 2. The molecule has 0 atom stereocenters. The number of thiazole rings is 1. The third kappa shape index (κ3) is 3.68. The molecular weight excluding hydrogens is 308 g/mol. The lowest BCUT2D eigenvalue weighted by Crippen LogP contribution is -2.20. The predicted molar refractivity (Wildman–Crippen MR) is 94.3 cm³/mol. The second kappa shape index (κ2) is 6.79. The number of fused-ring (bicyclic) bond motifs is 1. The number of aromatic nitrogens is 1. The van der Waals surface area contributed by atoms with Gasteiger partial charge in [-0.15, -0.1) is 0 Å². The maximum absolute atomic E-state index is 12.1. The molecular formula is C18H18N2O2S. The number of amides is 1. The molecule has 23 heavy (non-hydrogen) atoms. The van der Waals surface area contributed by atoms with Crippen LogP contribution in [0.15, 0.2) is 48.5 Å². The number of nitrogens with zero attached hydrogens (tertiary/aromatic N) is 1. The van der Waals surface area contributed by atoms with Crippen LogP contribution in [0.2, 0.25) is 0 Å². The molecule has 2 aromatic carbocycles. The fourth-order valence-corrected chi connectivity index (χ4v) is 3.20. The lowest BCUT2D eigenvalue weighted by molar-refractivity contribution is -0.118. The standard InChI is InChI=1S/C18H18N2O2S/c1-12(2)13-7-3-5-9-15(13)22-11-17(21)20-18-19-14-8-4-6-10-16(14)23-18/h3-10,12H,11H2,1-2H3,(H,19,20,21). The summed E-state index contributed by atoms with van der Waals surface area (Å²) in [6.45, 7) is 4.17. The highest BCUT2D eigenvalue weighted by atomic mass is 32.1. The zero-order valence-electron chi connectivity index (χ0n) is 13.1. The van der Waals surface area contributed by atoms with E-state index in [1.54, 1.807) is 0 Å². The SMILES string of the molecule is CC(C)c1ccccc1OCC(=O)Nc1nc2ccccc2s1. The van der Waals surface area contributed by atoms with Gasteiger partial charge in [0.25, 0.3) is 5.91 Å². The smallest absolute Gasteiger partial charge is 0.264 e. The Bertz CT molecular complexity index is 794. The number of carbonyl (C=O) groups excluding carboxylic acids is 1. The van der Waals surface area contributed by atoms with Crippen LogP contribution in [0.1, 0.15) is 25.3 Å². The number of hydrogen-bond donors (Lipinski definition) is 1. The molecule has 1 N–H and O–H groups in total. The third-order valence-electron chi connectivity index (χ3n) is 3.44. The van der Waals surface area contributed by atoms with Crippen LogP contribution in [0.3, 0.4) is 0 Å². The number of anilines is 1. The molecule has 0 aliphatic rings. The van der Waals surface area contributed by atoms with Gasteiger partial charge in [-0.2, -0.15) is 0 Å². The molecule has 4 nitrogen and oxygen atoms in total. The second-order valence-electron chi connectivity index (χ2n) is 5.52. The van der Waals surface area contributed by atoms with Gasteiger partial charge < -0.3 is 4.74 Å². The monoisotopic (exact) mass is 326 g/mol. The summed E-state index contributed by atoms with van der Waals surface area (Å²) in [6, 6.07) is 15.6. The van der Waals surface area contributed by atoms with Crippen molar-refractivity contribution in [3.8, 4) is 5.75 Å². The van der Waals surface area contributed by atoms with E-state index in [0.717, 1.165) is 21.5 Å². The minimum absolute atomic E-state index is 0.0281. The number of ether oxygens (including phenoxy) is 1.